The third kappa shape index (κ3) is 3.59. The second-order valence-electron chi connectivity index (χ2n) is 6.04. The number of aromatic nitrogens is 2. The maximum Gasteiger partial charge on any atom is 0.252 e. The summed E-state index contributed by atoms with van der Waals surface area (Å²) < 4.78 is 16.5. The summed E-state index contributed by atoms with van der Waals surface area (Å²) in [6.07, 6.45) is 3.12. The zero-order valence-electron chi connectivity index (χ0n) is 14.7. The van der Waals surface area contributed by atoms with E-state index in [-0.39, 0.29) is 22.3 Å². The van der Waals surface area contributed by atoms with Gasteiger partial charge in [0, 0.05) is 31.5 Å². The van der Waals surface area contributed by atoms with Crippen LogP contribution in [-0.2, 0) is 11.3 Å². The summed E-state index contributed by atoms with van der Waals surface area (Å²) in [4.78, 5) is 31.5. The fourth-order valence-corrected chi connectivity index (χ4v) is 2.86. The Morgan fingerprint density at radius 3 is 2.93 bits per heavy atom. The number of amides is 2. The zero-order valence-corrected chi connectivity index (χ0v) is 14.7. The second kappa shape index (κ2) is 7.44. The van der Waals surface area contributed by atoms with Crippen molar-refractivity contribution in [2.24, 2.45) is 16.5 Å². The molecule has 1 aliphatic heterocycles. The fourth-order valence-electron chi connectivity index (χ4n) is 2.86. The molecule has 1 atom stereocenters. The fraction of sp³-hybridized carbons (Fsp3) is 0.294. The Kier molecular flexibility index (Phi) is 5.06. The minimum atomic E-state index is -0.769. The van der Waals surface area contributed by atoms with Crippen molar-refractivity contribution in [2.75, 3.05) is 17.2 Å². The van der Waals surface area contributed by atoms with Crippen LogP contribution in [0.1, 0.15) is 23.7 Å². The molecule has 0 aromatic carbocycles. The number of halogens is 1. The van der Waals surface area contributed by atoms with Crippen LogP contribution in [0.2, 0.25) is 0 Å². The number of nitrogens with zero attached hydrogens (tertiary/aromatic N) is 3. The smallest absolute Gasteiger partial charge is 0.252 e. The Morgan fingerprint density at radius 2 is 2.26 bits per heavy atom. The van der Waals surface area contributed by atoms with E-state index < -0.39 is 23.8 Å². The second-order valence-corrected chi connectivity index (χ2v) is 6.04. The number of nitrogens with one attached hydrogen (secondary N) is 2. The molecule has 3 rings (SSSR count). The predicted molar refractivity (Wildman–Crippen MR) is 97.8 cm³/mol. The molecule has 10 heteroatoms. The lowest BCUT2D eigenvalue weighted by Crippen LogP contribution is -2.37. The van der Waals surface area contributed by atoms with E-state index in [2.05, 4.69) is 20.6 Å². The van der Waals surface area contributed by atoms with Gasteiger partial charge in [-0.15, -0.1) is 0 Å². The first-order valence-corrected chi connectivity index (χ1v) is 8.44. The maximum absolute atomic E-state index is 15.1. The molecule has 0 spiro atoms. The van der Waals surface area contributed by atoms with Gasteiger partial charge in [-0.05, 0) is 12.5 Å². The first-order valence-electron chi connectivity index (χ1n) is 8.44. The highest BCUT2D eigenvalue weighted by Crippen LogP contribution is 2.22. The SMILES string of the molecule is CC[C@@H](Nc1c(F)n2c(cc1=Nc1ccncc1C(N)=O)NCC2)C(N)=O. The Labute approximate surface area is 154 Å². The monoisotopic (exact) mass is 373 g/mol. The molecule has 0 unspecified atom stereocenters. The van der Waals surface area contributed by atoms with Gasteiger partial charge in [-0.2, -0.15) is 4.39 Å². The summed E-state index contributed by atoms with van der Waals surface area (Å²) in [6.45, 7) is 2.76. The zero-order chi connectivity index (χ0) is 19.6. The van der Waals surface area contributed by atoms with Crippen LogP contribution in [0.3, 0.4) is 0 Å². The normalized spacial score (nSPS) is 14.4. The molecule has 9 nitrogen and oxygen atoms in total. The van der Waals surface area contributed by atoms with E-state index in [0.717, 1.165) is 0 Å². The van der Waals surface area contributed by atoms with Crippen LogP contribution in [-0.4, -0.2) is 34.0 Å². The quantitative estimate of drug-likeness (QED) is 0.544. The van der Waals surface area contributed by atoms with Gasteiger partial charge >= 0.3 is 0 Å². The summed E-state index contributed by atoms with van der Waals surface area (Å²) in [6, 6.07) is 2.37. The van der Waals surface area contributed by atoms with Crippen LogP contribution in [0.5, 0.6) is 0 Å². The van der Waals surface area contributed by atoms with Crippen molar-refractivity contribution in [1.82, 2.24) is 9.55 Å². The van der Waals surface area contributed by atoms with Gasteiger partial charge in [-0.3, -0.25) is 14.6 Å². The molecule has 3 heterocycles. The first-order chi connectivity index (χ1) is 12.9. The van der Waals surface area contributed by atoms with Crippen LogP contribution in [0.4, 0.5) is 21.6 Å². The third-order valence-electron chi connectivity index (χ3n) is 4.28. The largest absolute Gasteiger partial charge is 0.370 e. The van der Waals surface area contributed by atoms with Crippen molar-refractivity contribution in [3.63, 3.8) is 0 Å². The summed E-state index contributed by atoms with van der Waals surface area (Å²) in [5.74, 6) is -1.34. The van der Waals surface area contributed by atoms with E-state index in [1.165, 1.54) is 23.0 Å². The molecule has 1 aliphatic rings. The lowest BCUT2D eigenvalue weighted by atomic mass is 10.2. The number of rotatable bonds is 6. The van der Waals surface area contributed by atoms with Crippen molar-refractivity contribution in [3.8, 4) is 0 Å². The molecule has 0 saturated heterocycles. The standard InChI is InChI=1S/C17H20FN7O2/c1-2-10(17(20)27)24-14-12(7-13-22-5-6-25(13)15(14)18)23-11-3-4-21-8-9(11)16(19)26/h3-4,7-8,10,22,24H,2,5-6H2,1H3,(H2,19,26)(H2,20,27)/t10-/m1/s1. The van der Waals surface area contributed by atoms with Crippen LogP contribution in [0.15, 0.2) is 29.5 Å². The number of hydrogen-bond donors (Lipinski definition) is 4. The van der Waals surface area contributed by atoms with Crippen molar-refractivity contribution in [1.29, 1.82) is 0 Å². The van der Waals surface area contributed by atoms with Crippen LogP contribution < -0.4 is 27.5 Å². The predicted octanol–water partition coefficient (Wildman–Crippen LogP) is 0.455. The van der Waals surface area contributed by atoms with Crippen LogP contribution in [0, 0.1) is 5.95 Å². The number of pyridine rings is 2. The Bertz CT molecular complexity index is 970. The molecule has 2 aromatic heterocycles. The van der Waals surface area contributed by atoms with Gasteiger partial charge in [-0.1, -0.05) is 6.92 Å². The summed E-state index contributed by atoms with van der Waals surface area (Å²) >= 11 is 0. The number of primary amides is 2. The van der Waals surface area contributed by atoms with Gasteiger partial charge in [0.2, 0.25) is 11.9 Å². The highest BCUT2D eigenvalue weighted by molar-refractivity contribution is 5.97. The van der Waals surface area contributed by atoms with Gasteiger partial charge in [0.15, 0.2) is 0 Å². The minimum Gasteiger partial charge on any atom is -0.370 e. The number of nitrogens with two attached hydrogens (primary N) is 2. The van der Waals surface area contributed by atoms with Crippen LogP contribution >= 0.6 is 0 Å². The molecule has 0 bridgehead atoms. The van der Waals surface area contributed by atoms with Gasteiger partial charge < -0.3 is 26.7 Å². The Morgan fingerprint density at radius 1 is 1.48 bits per heavy atom. The number of fused-ring (bicyclic) bond motifs is 1. The van der Waals surface area contributed by atoms with Gasteiger partial charge in [0.05, 0.1) is 16.6 Å². The molecule has 142 valence electrons. The molecular formula is C17H20FN7O2. The van der Waals surface area contributed by atoms with Gasteiger partial charge in [0.25, 0.3) is 5.91 Å². The molecule has 0 saturated carbocycles. The number of anilines is 2. The highest BCUT2D eigenvalue weighted by Gasteiger charge is 2.22. The van der Waals surface area contributed by atoms with E-state index in [9.17, 15) is 9.59 Å². The number of hydrogen-bond acceptors (Lipinski definition) is 6. The van der Waals surface area contributed by atoms with Gasteiger partial charge in [-0.25, -0.2) is 4.99 Å². The van der Waals surface area contributed by atoms with E-state index in [1.807, 2.05) is 0 Å². The van der Waals surface area contributed by atoms with Gasteiger partial charge in [0.1, 0.15) is 17.5 Å². The van der Waals surface area contributed by atoms with Crippen molar-refractivity contribution >= 4 is 29.0 Å². The van der Waals surface area contributed by atoms with Crippen molar-refractivity contribution in [2.45, 2.75) is 25.9 Å². The van der Waals surface area contributed by atoms with Crippen LogP contribution in [0.25, 0.3) is 0 Å². The molecule has 6 N–H and O–H groups in total. The average Bonchev–Trinajstić information content (AvgIpc) is 3.10. The minimum absolute atomic E-state index is 0.0281. The van der Waals surface area contributed by atoms with E-state index in [1.54, 1.807) is 13.0 Å². The Balaban J connectivity index is 2.21. The highest BCUT2D eigenvalue weighted by atomic mass is 19.1. The third-order valence-corrected chi connectivity index (χ3v) is 4.28. The molecule has 2 amide bonds. The topological polar surface area (TPSA) is 140 Å². The molecule has 0 fully saturated rings. The molecular weight excluding hydrogens is 353 g/mol. The van der Waals surface area contributed by atoms with E-state index in [4.69, 9.17) is 11.5 Å². The summed E-state index contributed by atoms with van der Waals surface area (Å²) in [7, 11) is 0. The number of carbonyl (C=O) groups excluding carboxylic acids is 2. The first kappa shape index (κ1) is 18.4. The lowest BCUT2D eigenvalue weighted by Gasteiger charge is -2.18. The molecule has 0 aliphatic carbocycles. The van der Waals surface area contributed by atoms with E-state index in [0.29, 0.717) is 25.3 Å². The Hall–Kier alpha value is -3.43. The summed E-state index contributed by atoms with van der Waals surface area (Å²) in [5, 5.41) is 6.11. The maximum atomic E-state index is 15.1. The van der Waals surface area contributed by atoms with Crippen molar-refractivity contribution < 1.29 is 14.0 Å². The molecule has 2 aromatic rings. The van der Waals surface area contributed by atoms with E-state index >= 15 is 4.39 Å². The average molecular weight is 373 g/mol. The lowest BCUT2D eigenvalue weighted by molar-refractivity contribution is -0.118. The van der Waals surface area contributed by atoms with Crippen molar-refractivity contribution in [3.05, 3.63) is 41.4 Å². The summed E-state index contributed by atoms with van der Waals surface area (Å²) in [5.41, 5.74) is 11.1. The molecule has 0 radical (unpaired) electrons. The molecule has 27 heavy (non-hydrogen) atoms. The number of carbonyl (C=O) groups is 2.